The summed E-state index contributed by atoms with van der Waals surface area (Å²) in [6.07, 6.45) is 13.3. The Kier molecular flexibility index (Phi) is 5.57. The van der Waals surface area contributed by atoms with E-state index in [-0.39, 0.29) is 6.10 Å². The maximum absolute atomic E-state index is 10.5. The number of rotatable bonds is 4. The number of aliphatic hydroxyl groups is 1. The van der Waals surface area contributed by atoms with Crippen molar-refractivity contribution in [3.63, 3.8) is 0 Å². The molecule has 182 valence electrons. The lowest BCUT2D eigenvalue weighted by Crippen LogP contribution is -2.52. The molecule has 0 aromatic rings. The van der Waals surface area contributed by atoms with Gasteiger partial charge in [-0.15, -0.1) is 0 Å². The molecule has 0 saturated heterocycles. The van der Waals surface area contributed by atoms with Crippen LogP contribution in [0.15, 0.2) is 11.6 Å². The average molecular weight is 441 g/mol. The lowest BCUT2D eigenvalue weighted by Gasteiger charge is -2.59. The molecule has 4 saturated carbocycles. The van der Waals surface area contributed by atoms with Crippen molar-refractivity contribution < 1.29 is 5.11 Å². The zero-order valence-electron chi connectivity index (χ0n) is 22.5. The van der Waals surface area contributed by atoms with Gasteiger partial charge in [-0.05, 0) is 115 Å². The molecule has 5 aliphatic carbocycles. The van der Waals surface area contributed by atoms with Crippen LogP contribution in [0.25, 0.3) is 0 Å². The van der Waals surface area contributed by atoms with Crippen molar-refractivity contribution in [3.05, 3.63) is 11.6 Å². The molecule has 5 aliphatic rings. The zero-order chi connectivity index (χ0) is 23.2. The maximum atomic E-state index is 10.5. The predicted octanol–water partition coefficient (Wildman–Crippen LogP) is 8.13. The van der Waals surface area contributed by atoms with Gasteiger partial charge in [-0.3, -0.25) is 0 Å². The van der Waals surface area contributed by atoms with E-state index in [1.165, 1.54) is 44.9 Å². The molecule has 0 aromatic carbocycles. The highest BCUT2D eigenvalue weighted by Crippen LogP contribution is 2.71. The van der Waals surface area contributed by atoms with Gasteiger partial charge >= 0.3 is 0 Å². The minimum absolute atomic E-state index is 0.113. The molecular formula is C31H52O. The Labute approximate surface area is 199 Å². The first-order valence-electron chi connectivity index (χ1n) is 14.3. The zero-order valence-corrected chi connectivity index (χ0v) is 22.5. The van der Waals surface area contributed by atoms with Crippen LogP contribution < -0.4 is 0 Å². The van der Waals surface area contributed by atoms with Gasteiger partial charge in [-0.25, -0.2) is 0 Å². The van der Waals surface area contributed by atoms with E-state index in [9.17, 15) is 5.11 Å². The number of hydrogen-bond acceptors (Lipinski definition) is 1. The third-order valence-corrected chi connectivity index (χ3v) is 13.3. The van der Waals surface area contributed by atoms with Crippen LogP contribution in [0.4, 0.5) is 0 Å². The molecule has 0 aromatic heterocycles. The minimum Gasteiger partial charge on any atom is -0.393 e. The van der Waals surface area contributed by atoms with E-state index in [1.54, 1.807) is 5.57 Å². The first-order chi connectivity index (χ1) is 14.9. The summed E-state index contributed by atoms with van der Waals surface area (Å²) < 4.78 is 0. The van der Waals surface area contributed by atoms with Crippen molar-refractivity contribution in [2.75, 3.05) is 0 Å². The molecule has 0 aliphatic heterocycles. The Morgan fingerprint density at radius 1 is 0.906 bits per heavy atom. The molecular weight excluding hydrogens is 388 g/mol. The standard InChI is InChI=1S/C31H52O/c1-18(2)21(5)31(8)17-27(31)19(3)23-11-12-25-22-9-10-24-20(4)28(32)14-16-30(24,7)26(22)13-15-29(23,25)6/h10,18-23,25-28,32H,9,11-17H2,1-8H3/t19-,20+,21-,22-,23+,25-,26-,27+,28-,29+,30-,31+/m0/s1. The van der Waals surface area contributed by atoms with Gasteiger partial charge < -0.3 is 5.11 Å². The molecule has 0 spiro atoms. The first-order valence-corrected chi connectivity index (χ1v) is 14.3. The van der Waals surface area contributed by atoms with Crippen LogP contribution in [-0.2, 0) is 0 Å². The maximum Gasteiger partial charge on any atom is 0.0603 e. The van der Waals surface area contributed by atoms with Gasteiger partial charge in [-0.1, -0.05) is 67.0 Å². The van der Waals surface area contributed by atoms with Crippen molar-refractivity contribution in [3.8, 4) is 0 Å². The second-order valence-corrected chi connectivity index (χ2v) is 14.5. The molecule has 1 heteroatoms. The third-order valence-electron chi connectivity index (χ3n) is 13.3. The second-order valence-electron chi connectivity index (χ2n) is 14.5. The second kappa shape index (κ2) is 7.60. The number of fused-ring (bicyclic) bond motifs is 5. The lowest BCUT2D eigenvalue weighted by molar-refractivity contribution is -0.0661. The fourth-order valence-electron chi connectivity index (χ4n) is 10.7. The van der Waals surface area contributed by atoms with Crippen LogP contribution in [0.5, 0.6) is 0 Å². The highest BCUT2D eigenvalue weighted by Gasteiger charge is 2.63. The molecule has 1 nitrogen and oxygen atoms in total. The molecule has 0 heterocycles. The van der Waals surface area contributed by atoms with E-state index in [0.29, 0.717) is 22.2 Å². The molecule has 0 bridgehead atoms. The summed E-state index contributed by atoms with van der Waals surface area (Å²) >= 11 is 0. The van der Waals surface area contributed by atoms with Crippen LogP contribution in [-0.4, -0.2) is 11.2 Å². The Balaban J connectivity index is 1.36. The summed E-state index contributed by atoms with van der Waals surface area (Å²) in [4.78, 5) is 0. The summed E-state index contributed by atoms with van der Waals surface area (Å²) in [6.45, 7) is 20.2. The first kappa shape index (κ1) is 23.4. The minimum atomic E-state index is -0.113. The van der Waals surface area contributed by atoms with Gasteiger partial charge in [0.25, 0.3) is 0 Å². The average Bonchev–Trinajstić information content (AvgIpc) is 3.31. The Bertz CT molecular complexity index is 766. The smallest absolute Gasteiger partial charge is 0.0603 e. The number of hydrogen-bond donors (Lipinski definition) is 1. The van der Waals surface area contributed by atoms with Gasteiger partial charge in [-0.2, -0.15) is 0 Å². The van der Waals surface area contributed by atoms with Crippen molar-refractivity contribution in [2.24, 2.45) is 69.5 Å². The Morgan fingerprint density at radius 3 is 2.31 bits per heavy atom. The summed E-state index contributed by atoms with van der Waals surface area (Å²) in [6, 6.07) is 0. The molecule has 12 atom stereocenters. The largest absolute Gasteiger partial charge is 0.393 e. The molecule has 0 radical (unpaired) electrons. The number of allylic oxidation sites excluding steroid dienone is 1. The van der Waals surface area contributed by atoms with Crippen LogP contribution in [0.2, 0.25) is 0 Å². The fourth-order valence-corrected chi connectivity index (χ4v) is 10.7. The summed E-state index contributed by atoms with van der Waals surface area (Å²) in [5, 5.41) is 10.5. The third kappa shape index (κ3) is 3.11. The highest BCUT2D eigenvalue weighted by molar-refractivity contribution is 5.27. The molecule has 0 unspecified atom stereocenters. The molecule has 1 N–H and O–H groups in total. The van der Waals surface area contributed by atoms with Crippen molar-refractivity contribution in [1.82, 2.24) is 0 Å². The quantitative estimate of drug-likeness (QED) is 0.437. The van der Waals surface area contributed by atoms with Crippen molar-refractivity contribution in [2.45, 2.75) is 113 Å². The molecule has 4 fully saturated rings. The number of aliphatic hydroxyl groups excluding tert-OH is 1. The fraction of sp³-hybridized carbons (Fsp3) is 0.935. The summed E-state index contributed by atoms with van der Waals surface area (Å²) in [5.74, 6) is 7.48. The van der Waals surface area contributed by atoms with Crippen LogP contribution in [0, 0.1) is 69.5 Å². The Morgan fingerprint density at radius 2 is 1.62 bits per heavy atom. The SMILES string of the molecule is CC(C)[C@H](C)[C@@]1(C)C[C@@H]1[C@@H](C)[C@H]1CC[C@H]2[C@@H]3CC=C4[C@@H](C)[C@@H](O)CC[C@]4(C)[C@H]3CC[C@]12C. The molecule has 5 rings (SSSR count). The van der Waals surface area contributed by atoms with Crippen LogP contribution >= 0.6 is 0 Å². The highest BCUT2D eigenvalue weighted by atomic mass is 16.3. The molecule has 0 amide bonds. The van der Waals surface area contributed by atoms with Gasteiger partial charge in [0.15, 0.2) is 0 Å². The van der Waals surface area contributed by atoms with E-state index in [0.717, 1.165) is 53.8 Å². The van der Waals surface area contributed by atoms with Crippen molar-refractivity contribution >= 4 is 0 Å². The van der Waals surface area contributed by atoms with Gasteiger partial charge in [0, 0.05) is 5.92 Å². The van der Waals surface area contributed by atoms with E-state index in [4.69, 9.17) is 0 Å². The van der Waals surface area contributed by atoms with E-state index < -0.39 is 0 Å². The topological polar surface area (TPSA) is 20.2 Å². The van der Waals surface area contributed by atoms with Crippen molar-refractivity contribution in [1.29, 1.82) is 0 Å². The van der Waals surface area contributed by atoms with Gasteiger partial charge in [0.1, 0.15) is 0 Å². The monoisotopic (exact) mass is 440 g/mol. The van der Waals surface area contributed by atoms with E-state index in [1.807, 2.05) is 0 Å². The summed E-state index contributed by atoms with van der Waals surface area (Å²) in [7, 11) is 0. The van der Waals surface area contributed by atoms with E-state index >= 15 is 0 Å². The lowest BCUT2D eigenvalue weighted by atomic mass is 9.46. The predicted molar refractivity (Wildman–Crippen MR) is 135 cm³/mol. The van der Waals surface area contributed by atoms with Crippen LogP contribution in [0.1, 0.15) is 107 Å². The van der Waals surface area contributed by atoms with Crippen LogP contribution in [0.3, 0.4) is 0 Å². The van der Waals surface area contributed by atoms with Gasteiger partial charge in [0.2, 0.25) is 0 Å². The normalized spacial score (nSPS) is 54.3. The van der Waals surface area contributed by atoms with E-state index in [2.05, 4.69) is 61.5 Å². The van der Waals surface area contributed by atoms with Gasteiger partial charge in [0.05, 0.1) is 6.10 Å². The molecule has 32 heavy (non-hydrogen) atoms. The summed E-state index contributed by atoms with van der Waals surface area (Å²) in [5.41, 5.74) is 3.13. The Hall–Kier alpha value is -0.300.